The van der Waals surface area contributed by atoms with E-state index in [9.17, 15) is 12.8 Å². The van der Waals surface area contributed by atoms with E-state index in [0.717, 1.165) is 6.07 Å². The Balaban J connectivity index is 2.83. The fourth-order valence-electron chi connectivity index (χ4n) is 1.33. The molecule has 0 heterocycles. The standard InChI is InChI=1S/C11H15BrFNO3S/c1-8(5-6-17-2)14-18(15,16)9-3-4-10(12)11(13)7-9/h3-4,7-8,14H,5-6H2,1-2H3. The first-order valence-electron chi connectivity index (χ1n) is 5.33. The average Bonchev–Trinajstić information content (AvgIpc) is 2.29. The molecule has 4 nitrogen and oxygen atoms in total. The van der Waals surface area contributed by atoms with Gasteiger partial charge in [-0.25, -0.2) is 17.5 Å². The van der Waals surface area contributed by atoms with Crippen LogP contribution in [0.5, 0.6) is 0 Å². The molecular weight excluding hydrogens is 325 g/mol. The molecule has 1 aromatic rings. The lowest BCUT2D eigenvalue weighted by Gasteiger charge is -2.13. The minimum atomic E-state index is -3.70. The first kappa shape index (κ1) is 15.6. The van der Waals surface area contributed by atoms with Crippen molar-refractivity contribution in [1.82, 2.24) is 4.72 Å². The molecule has 0 aliphatic rings. The monoisotopic (exact) mass is 339 g/mol. The average molecular weight is 340 g/mol. The summed E-state index contributed by atoms with van der Waals surface area (Å²) in [5.74, 6) is -0.609. The number of ether oxygens (including phenoxy) is 1. The predicted octanol–water partition coefficient (Wildman–Crippen LogP) is 2.29. The van der Waals surface area contributed by atoms with Gasteiger partial charge in [0.25, 0.3) is 0 Å². The number of nitrogens with one attached hydrogen (secondary N) is 1. The van der Waals surface area contributed by atoms with E-state index in [0.29, 0.717) is 13.0 Å². The van der Waals surface area contributed by atoms with Crippen LogP contribution in [0, 0.1) is 5.82 Å². The maximum atomic E-state index is 13.3. The maximum absolute atomic E-state index is 13.3. The highest BCUT2D eigenvalue weighted by Gasteiger charge is 2.18. The lowest BCUT2D eigenvalue weighted by atomic mass is 10.3. The summed E-state index contributed by atoms with van der Waals surface area (Å²) in [5.41, 5.74) is 0. The van der Waals surface area contributed by atoms with Crippen molar-refractivity contribution < 1.29 is 17.5 Å². The minimum Gasteiger partial charge on any atom is -0.385 e. The Morgan fingerprint density at radius 2 is 2.17 bits per heavy atom. The molecule has 0 aliphatic heterocycles. The van der Waals surface area contributed by atoms with Gasteiger partial charge in [0.1, 0.15) is 5.82 Å². The summed E-state index contributed by atoms with van der Waals surface area (Å²) >= 11 is 2.97. The number of hydrogen-bond acceptors (Lipinski definition) is 3. The summed E-state index contributed by atoms with van der Waals surface area (Å²) < 4.78 is 44.7. The summed E-state index contributed by atoms with van der Waals surface area (Å²) in [6.07, 6.45) is 0.550. The summed E-state index contributed by atoms with van der Waals surface area (Å²) in [7, 11) is -2.15. The highest BCUT2D eigenvalue weighted by molar-refractivity contribution is 9.10. The summed E-state index contributed by atoms with van der Waals surface area (Å²) in [5, 5.41) is 0. The van der Waals surface area contributed by atoms with E-state index in [4.69, 9.17) is 4.74 Å². The molecule has 1 atom stereocenters. The van der Waals surface area contributed by atoms with Crippen molar-refractivity contribution in [3.63, 3.8) is 0 Å². The Morgan fingerprint density at radius 3 is 2.72 bits per heavy atom. The van der Waals surface area contributed by atoms with Crippen LogP contribution in [0.15, 0.2) is 27.6 Å². The lowest BCUT2D eigenvalue weighted by molar-refractivity contribution is 0.188. The molecule has 0 radical (unpaired) electrons. The molecule has 0 fully saturated rings. The Morgan fingerprint density at radius 1 is 1.50 bits per heavy atom. The third-order valence-electron chi connectivity index (χ3n) is 2.31. The van der Waals surface area contributed by atoms with E-state index < -0.39 is 15.8 Å². The van der Waals surface area contributed by atoms with E-state index in [1.807, 2.05) is 0 Å². The van der Waals surface area contributed by atoms with E-state index in [2.05, 4.69) is 20.7 Å². The SMILES string of the molecule is COCCC(C)NS(=O)(=O)c1ccc(Br)c(F)c1. The van der Waals surface area contributed by atoms with Gasteiger partial charge in [0.15, 0.2) is 0 Å². The molecule has 0 spiro atoms. The highest BCUT2D eigenvalue weighted by atomic mass is 79.9. The van der Waals surface area contributed by atoms with Gasteiger partial charge in [0, 0.05) is 19.8 Å². The number of halogens is 2. The maximum Gasteiger partial charge on any atom is 0.240 e. The van der Waals surface area contributed by atoms with E-state index >= 15 is 0 Å². The van der Waals surface area contributed by atoms with Crippen LogP contribution < -0.4 is 4.72 Å². The Kier molecular flexibility index (Phi) is 5.71. The molecule has 0 saturated heterocycles. The molecule has 1 unspecified atom stereocenters. The first-order chi connectivity index (χ1) is 8.36. The Hall–Kier alpha value is -0.500. The molecule has 0 saturated carbocycles. The molecule has 1 N–H and O–H groups in total. The molecule has 0 aliphatic carbocycles. The fraction of sp³-hybridized carbons (Fsp3) is 0.455. The minimum absolute atomic E-state index is 0.0903. The van der Waals surface area contributed by atoms with Gasteiger partial charge in [-0.05, 0) is 47.5 Å². The molecule has 1 aromatic carbocycles. The number of rotatable bonds is 6. The number of sulfonamides is 1. The van der Waals surface area contributed by atoms with Gasteiger partial charge in [0.2, 0.25) is 10.0 Å². The van der Waals surface area contributed by atoms with Gasteiger partial charge in [-0.15, -0.1) is 0 Å². The van der Waals surface area contributed by atoms with Gasteiger partial charge < -0.3 is 4.74 Å². The number of hydrogen-bond donors (Lipinski definition) is 1. The third-order valence-corrected chi connectivity index (χ3v) is 4.54. The molecule has 1 rings (SSSR count). The van der Waals surface area contributed by atoms with Crippen molar-refractivity contribution in [3.05, 3.63) is 28.5 Å². The van der Waals surface area contributed by atoms with Crippen LogP contribution in [0.1, 0.15) is 13.3 Å². The number of benzene rings is 1. The second kappa shape index (κ2) is 6.60. The van der Waals surface area contributed by atoms with E-state index in [1.165, 1.54) is 12.1 Å². The van der Waals surface area contributed by atoms with Crippen molar-refractivity contribution in [2.24, 2.45) is 0 Å². The summed E-state index contributed by atoms with van der Waals surface area (Å²) in [6.45, 7) is 2.18. The van der Waals surface area contributed by atoms with Gasteiger partial charge in [-0.3, -0.25) is 0 Å². The molecule has 0 amide bonds. The molecule has 18 heavy (non-hydrogen) atoms. The van der Waals surface area contributed by atoms with Crippen LogP contribution >= 0.6 is 15.9 Å². The summed E-state index contributed by atoms with van der Waals surface area (Å²) in [4.78, 5) is -0.0903. The quantitative estimate of drug-likeness (QED) is 0.865. The van der Waals surface area contributed by atoms with Crippen LogP contribution in [-0.4, -0.2) is 28.2 Å². The van der Waals surface area contributed by atoms with Crippen LogP contribution in [0.4, 0.5) is 4.39 Å². The lowest BCUT2D eigenvalue weighted by Crippen LogP contribution is -2.33. The molecule has 0 aromatic heterocycles. The second-order valence-electron chi connectivity index (χ2n) is 3.88. The van der Waals surface area contributed by atoms with Crippen molar-refractivity contribution in [1.29, 1.82) is 0 Å². The molecular formula is C11H15BrFNO3S. The Labute approximate surface area is 115 Å². The van der Waals surface area contributed by atoms with Crippen LogP contribution in [0.25, 0.3) is 0 Å². The topological polar surface area (TPSA) is 55.4 Å². The van der Waals surface area contributed by atoms with Crippen molar-refractivity contribution >= 4 is 26.0 Å². The van der Waals surface area contributed by atoms with E-state index in [-0.39, 0.29) is 15.4 Å². The van der Waals surface area contributed by atoms with Gasteiger partial charge in [0.05, 0.1) is 9.37 Å². The van der Waals surface area contributed by atoms with Gasteiger partial charge >= 0.3 is 0 Å². The Bertz CT molecular complexity index is 507. The van der Waals surface area contributed by atoms with Crippen molar-refractivity contribution in [2.75, 3.05) is 13.7 Å². The van der Waals surface area contributed by atoms with Crippen LogP contribution in [0.3, 0.4) is 0 Å². The highest BCUT2D eigenvalue weighted by Crippen LogP contribution is 2.19. The van der Waals surface area contributed by atoms with Crippen LogP contribution in [0.2, 0.25) is 0 Å². The van der Waals surface area contributed by atoms with Crippen LogP contribution in [-0.2, 0) is 14.8 Å². The zero-order valence-corrected chi connectivity index (χ0v) is 12.5. The normalized spacial score (nSPS) is 13.6. The molecule has 7 heteroatoms. The number of methoxy groups -OCH3 is 1. The predicted molar refractivity (Wildman–Crippen MR) is 70.4 cm³/mol. The van der Waals surface area contributed by atoms with Gasteiger partial charge in [-0.1, -0.05) is 0 Å². The fourth-order valence-corrected chi connectivity index (χ4v) is 2.87. The van der Waals surface area contributed by atoms with Crippen molar-refractivity contribution in [3.8, 4) is 0 Å². The smallest absolute Gasteiger partial charge is 0.240 e. The van der Waals surface area contributed by atoms with Gasteiger partial charge in [-0.2, -0.15) is 0 Å². The van der Waals surface area contributed by atoms with Crippen molar-refractivity contribution in [2.45, 2.75) is 24.3 Å². The molecule has 0 bridgehead atoms. The van der Waals surface area contributed by atoms with E-state index in [1.54, 1.807) is 14.0 Å². The second-order valence-corrected chi connectivity index (χ2v) is 6.45. The zero-order valence-electron chi connectivity index (χ0n) is 10.1. The molecule has 102 valence electrons. The largest absolute Gasteiger partial charge is 0.385 e. The zero-order chi connectivity index (χ0) is 13.8. The first-order valence-corrected chi connectivity index (χ1v) is 7.60. The summed E-state index contributed by atoms with van der Waals surface area (Å²) in [6, 6.07) is 3.42. The third kappa shape index (κ3) is 4.31.